The second-order valence-corrected chi connectivity index (χ2v) is 8.53. The summed E-state index contributed by atoms with van der Waals surface area (Å²) in [5.74, 6) is -4.26. The zero-order valence-electron chi connectivity index (χ0n) is 17.7. The highest BCUT2D eigenvalue weighted by molar-refractivity contribution is 9.11. The van der Waals surface area contributed by atoms with Gasteiger partial charge in [-0.25, -0.2) is 14.0 Å². The van der Waals surface area contributed by atoms with E-state index in [2.05, 4.69) is 31.9 Å². The highest BCUT2D eigenvalue weighted by atomic mass is 79.9. The molecule has 0 amide bonds. The van der Waals surface area contributed by atoms with E-state index in [1.807, 2.05) is 6.07 Å². The number of allylic oxidation sites excluding steroid dienone is 1. The van der Waals surface area contributed by atoms with E-state index in [0.29, 0.717) is 5.56 Å². The Bertz CT molecular complexity index is 1340. The fourth-order valence-electron chi connectivity index (χ4n) is 3.65. The van der Waals surface area contributed by atoms with Crippen LogP contribution in [0.4, 0.5) is 10.1 Å². The summed E-state index contributed by atoms with van der Waals surface area (Å²) in [7, 11) is 2.20. The summed E-state index contributed by atoms with van der Waals surface area (Å²) in [5, 5.41) is 19.8. The van der Waals surface area contributed by atoms with Crippen LogP contribution < -0.4 is 10.6 Å². The molecule has 0 spiro atoms. The van der Waals surface area contributed by atoms with Gasteiger partial charge in [0.25, 0.3) is 0 Å². The van der Waals surface area contributed by atoms with E-state index in [9.17, 15) is 24.5 Å². The normalized spacial score (nSPS) is 15.5. The van der Waals surface area contributed by atoms with Gasteiger partial charge in [-0.2, -0.15) is 10.5 Å². The Balaban J connectivity index is 2.54. The first-order valence-corrected chi connectivity index (χ1v) is 11.0. The molecule has 0 bridgehead atoms. The highest BCUT2D eigenvalue weighted by Gasteiger charge is 2.44. The number of rotatable bonds is 4. The molecule has 2 aromatic rings. The minimum absolute atomic E-state index is 0.0290. The number of methoxy groups -OCH3 is 2. The fourth-order valence-corrected chi connectivity index (χ4v) is 4.99. The third kappa shape index (κ3) is 4.04. The number of benzene rings is 2. The van der Waals surface area contributed by atoms with Gasteiger partial charge in [0, 0.05) is 4.47 Å². The molecule has 1 unspecified atom stereocenters. The molecule has 11 heteroatoms. The predicted octanol–water partition coefficient (Wildman–Crippen LogP) is 4.12. The lowest BCUT2D eigenvalue weighted by atomic mass is 9.80. The number of anilines is 1. The quantitative estimate of drug-likeness (QED) is 0.416. The van der Waals surface area contributed by atoms with Crippen molar-refractivity contribution in [3.05, 3.63) is 85.0 Å². The summed E-state index contributed by atoms with van der Waals surface area (Å²) in [6.45, 7) is 0. The van der Waals surface area contributed by atoms with Crippen LogP contribution in [0, 0.1) is 28.5 Å². The lowest BCUT2D eigenvalue weighted by Gasteiger charge is -2.36. The van der Waals surface area contributed by atoms with E-state index < -0.39 is 34.9 Å². The minimum atomic E-state index is -1.09. The van der Waals surface area contributed by atoms with Crippen molar-refractivity contribution in [3.8, 4) is 12.1 Å². The number of nitrogens with two attached hydrogens (primary N) is 1. The smallest absolute Gasteiger partial charge is 0.355 e. The zero-order valence-corrected chi connectivity index (χ0v) is 20.9. The van der Waals surface area contributed by atoms with Gasteiger partial charge >= 0.3 is 11.9 Å². The SMILES string of the molecule is COC(=O)C1=C(C(=O)OC)N(c2c(Br)cc(Br)c(F)c2C#N)C(N)=C(C#N)C1c1ccccc1. The van der Waals surface area contributed by atoms with Crippen molar-refractivity contribution >= 4 is 49.5 Å². The number of esters is 2. The van der Waals surface area contributed by atoms with Gasteiger partial charge in [-0.3, -0.25) is 4.90 Å². The Labute approximate surface area is 210 Å². The van der Waals surface area contributed by atoms with Crippen molar-refractivity contribution in [1.29, 1.82) is 10.5 Å². The number of nitrogens with zero attached hydrogens (tertiary/aromatic N) is 3. The van der Waals surface area contributed by atoms with E-state index in [0.717, 1.165) is 19.1 Å². The molecule has 1 aliphatic heterocycles. The molecule has 2 N–H and O–H groups in total. The van der Waals surface area contributed by atoms with Crippen molar-refractivity contribution in [2.75, 3.05) is 19.1 Å². The Morgan fingerprint density at radius 2 is 1.68 bits per heavy atom. The average molecular weight is 590 g/mol. The van der Waals surface area contributed by atoms with E-state index >= 15 is 0 Å². The van der Waals surface area contributed by atoms with Crippen molar-refractivity contribution in [2.24, 2.45) is 5.73 Å². The summed E-state index contributed by atoms with van der Waals surface area (Å²) >= 11 is 6.30. The molecule has 0 aliphatic carbocycles. The Morgan fingerprint density at radius 1 is 1.06 bits per heavy atom. The topological polar surface area (TPSA) is 129 Å². The molecule has 1 aliphatic rings. The largest absolute Gasteiger partial charge is 0.466 e. The van der Waals surface area contributed by atoms with Gasteiger partial charge in [-0.05, 0) is 43.5 Å². The highest BCUT2D eigenvalue weighted by Crippen LogP contribution is 2.46. The maximum Gasteiger partial charge on any atom is 0.355 e. The first-order chi connectivity index (χ1) is 16.2. The summed E-state index contributed by atoms with van der Waals surface area (Å²) in [5.41, 5.74) is 5.38. The molecule has 0 fully saturated rings. The van der Waals surface area contributed by atoms with Crippen molar-refractivity contribution < 1.29 is 23.5 Å². The standard InChI is InChI=1S/C23H15Br2FN4O4/c1-33-22(31)17-16(11-6-4-3-5-7-11)12(9-27)21(29)30(20(17)23(32)34-2)19-13(10-28)18(26)14(24)8-15(19)25/h3-8,16H,29H2,1-2H3. The van der Waals surface area contributed by atoms with Crippen LogP contribution >= 0.6 is 31.9 Å². The number of halogens is 3. The molecule has 3 rings (SSSR count). The second kappa shape index (κ2) is 10.1. The van der Waals surface area contributed by atoms with Gasteiger partial charge in [0.2, 0.25) is 0 Å². The number of hydrogen-bond donors (Lipinski definition) is 1. The van der Waals surface area contributed by atoms with E-state index in [1.54, 1.807) is 36.4 Å². The summed E-state index contributed by atoms with van der Waals surface area (Å²) < 4.78 is 24.9. The van der Waals surface area contributed by atoms with E-state index in [1.165, 1.54) is 6.07 Å². The summed E-state index contributed by atoms with van der Waals surface area (Å²) in [6.07, 6.45) is 0. The molecular formula is C23H15Br2FN4O4. The number of hydrogen-bond acceptors (Lipinski definition) is 8. The van der Waals surface area contributed by atoms with Crippen LogP contribution in [0.1, 0.15) is 17.0 Å². The van der Waals surface area contributed by atoms with Crippen molar-refractivity contribution in [1.82, 2.24) is 0 Å². The Kier molecular flexibility index (Phi) is 7.40. The van der Waals surface area contributed by atoms with Crippen LogP contribution in [0.3, 0.4) is 0 Å². The molecule has 1 heterocycles. The summed E-state index contributed by atoms with van der Waals surface area (Å²) in [4.78, 5) is 27.1. The van der Waals surface area contributed by atoms with Crippen molar-refractivity contribution in [2.45, 2.75) is 5.92 Å². The van der Waals surface area contributed by atoms with Crippen molar-refractivity contribution in [3.63, 3.8) is 0 Å². The molecular weight excluding hydrogens is 575 g/mol. The lowest BCUT2D eigenvalue weighted by molar-refractivity contribution is -0.139. The third-order valence-corrected chi connectivity index (χ3v) is 6.27. The Morgan fingerprint density at radius 3 is 2.21 bits per heavy atom. The molecule has 0 saturated heterocycles. The van der Waals surface area contributed by atoms with Gasteiger partial charge < -0.3 is 15.2 Å². The molecule has 0 saturated carbocycles. The monoisotopic (exact) mass is 588 g/mol. The molecule has 34 heavy (non-hydrogen) atoms. The fraction of sp³-hybridized carbons (Fsp3) is 0.130. The molecule has 172 valence electrons. The van der Waals surface area contributed by atoms with Crippen LogP contribution in [0.25, 0.3) is 0 Å². The first kappa shape index (κ1) is 25.0. The molecule has 1 atom stereocenters. The number of nitriles is 2. The van der Waals surface area contributed by atoms with Crippen LogP contribution in [-0.2, 0) is 19.1 Å². The lowest BCUT2D eigenvalue weighted by Crippen LogP contribution is -2.41. The maximum atomic E-state index is 14.9. The number of carbonyl (C=O) groups is 2. The zero-order chi connectivity index (χ0) is 25.2. The van der Waals surface area contributed by atoms with Crippen LogP contribution in [0.5, 0.6) is 0 Å². The number of carbonyl (C=O) groups excluding carboxylic acids is 2. The number of ether oxygens (including phenoxy) is 2. The summed E-state index contributed by atoms with van der Waals surface area (Å²) in [6, 6.07) is 13.5. The van der Waals surface area contributed by atoms with Gasteiger partial charge in [0.05, 0.1) is 47.5 Å². The van der Waals surface area contributed by atoms with Gasteiger partial charge in [-0.1, -0.05) is 30.3 Å². The minimum Gasteiger partial charge on any atom is -0.466 e. The van der Waals surface area contributed by atoms with Crippen LogP contribution in [0.2, 0.25) is 0 Å². The van der Waals surface area contributed by atoms with Gasteiger partial charge in [-0.15, -0.1) is 0 Å². The van der Waals surface area contributed by atoms with Crippen LogP contribution in [0.15, 0.2) is 68.0 Å². The molecule has 2 aromatic carbocycles. The third-order valence-electron chi connectivity index (χ3n) is 5.09. The molecule has 0 aromatic heterocycles. The van der Waals surface area contributed by atoms with E-state index in [-0.39, 0.29) is 31.6 Å². The van der Waals surface area contributed by atoms with Gasteiger partial charge in [0.1, 0.15) is 23.2 Å². The van der Waals surface area contributed by atoms with E-state index in [4.69, 9.17) is 15.2 Å². The van der Waals surface area contributed by atoms with Crippen LogP contribution in [-0.4, -0.2) is 26.2 Å². The predicted molar refractivity (Wildman–Crippen MR) is 126 cm³/mol. The molecule has 8 nitrogen and oxygen atoms in total. The maximum absolute atomic E-state index is 14.9. The Hall–Kier alpha value is -3.67. The second-order valence-electron chi connectivity index (χ2n) is 6.82. The molecule has 0 radical (unpaired) electrons. The van der Waals surface area contributed by atoms with Gasteiger partial charge in [0.15, 0.2) is 5.82 Å². The average Bonchev–Trinajstić information content (AvgIpc) is 2.85. The first-order valence-electron chi connectivity index (χ1n) is 9.46.